The van der Waals surface area contributed by atoms with E-state index in [4.69, 9.17) is 4.74 Å². The van der Waals surface area contributed by atoms with Crippen LogP contribution in [0.25, 0.3) is 0 Å². The molecule has 122 valence electrons. The van der Waals surface area contributed by atoms with Gasteiger partial charge in [-0.15, -0.1) is 0 Å². The Bertz CT molecular complexity index is 670. The van der Waals surface area contributed by atoms with Gasteiger partial charge in [-0.25, -0.2) is 4.39 Å². The van der Waals surface area contributed by atoms with Crippen LogP contribution >= 0.6 is 0 Å². The zero-order chi connectivity index (χ0) is 16.2. The van der Waals surface area contributed by atoms with Gasteiger partial charge in [0.15, 0.2) is 0 Å². The Morgan fingerprint density at radius 3 is 2.83 bits per heavy atom. The van der Waals surface area contributed by atoms with Crippen molar-refractivity contribution < 1.29 is 9.13 Å². The van der Waals surface area contributed by atoms with Crippen LogP contribution in [-0.4, -0.2) is 19.2 Å². The minimum atomic E-state index is -0.174. The van der Waals surface area contributed by atoms with Crippen molar-refractivity contribution in [3.63, 3.8) is 0 Å². The standard InChI is InChI=1S/C20H24FNO/c1-14-4-3-5-16(10-14)13-23-20-8-9-22-12-19(20)18-7-6-17(21)11-15(18)2/h3-7,10-11,19-20,22H,8-9,12-13H2,1-2H3. The lowest BCUT2D eigenvalue weighted by Gasteiger charge is -2.33. The minimum Gasteiger partial charge on any atom is -0.373 e. The minimum absolute atomic E-state index is 0.168. The van der Waals surface area contributed by atoms with E-state index < -0.39 is 0 Å². The van der Waals surface area contributed by atoms with E-state index in [1.54, 1.807) is 12.1 Å². The van der Waals surface area contributed by atoms with Crippen molar-refractivity contribution in [1.29, 1.82) is 0 Å². The van der Waals surface area contributed by atoms with E-state index in [9.17, 15) is 4.39 Å². The number of hydrogen-bond donors (Lipinski definition) is 1. The maximum Gasteiger partial charge on any atom is 0.123 e. The third kappa shape index (κ3) is 3.98. The summed E-state index contributed by atoms with van der Waals surface area (Å²) >= 11 is 0. The van der Waals surface area contributed by atoms with Crippen LogP contribution in [0.2, 0.25) is 0 Å². The monoisotopic (exact) mass is 313 g/mol. The zero-order valence-electron chi connectivity index (χ0n) is 13.8. The molecule has 1 fully saturated rings. The van der Waals surface area contributed by atoms with Gasteiger partial charge in [-0.2, -0.15) is 0 Å². The summed E-state index contributed by atoms with van der Waals surface area (Å²) in [5.41, 5.74) is 4.65. The number of benzene rings is 2. The molecule has 1 N–H and O–H groups in total. The third-order valence-electron chi connectivity index (χ3n) is 4.60. The quantitative estimate of drug-likeness (QED) is 0.917. The highest BCUT2D eigenvalue weighted by molar-refractivity contribution is 5.31. The van der Waals surface area contributed by atoms with Gasteiger partial charge in [0.05, 0.1) is 12.7 Å². The molecule has 0 aromatic heterocycles. The summed E-state index contributed by atoms with van der Waals surface area (Å²) in [5, 5.41) is 3.44. The smallest absolute Gasteiger partial charge is 0.123 e. The molecule has 0 bridgehead atoms. The lowest BCUT2D eigenvalue weighted by molar-refractivity contribution is 0.00675. The number of nitrogens with one attached hydrogen (secondary N) is 1. The van der Waals surface area contributed by atoms with E-state index in [1.807, 2.05) is 13.0 Å². The number of rotatable bonds is 4. The van der Waals surface area contributed by atoms with Gasteiger partial charge in [0.25, 0.3) is 0 Å². The van der Waals surface area contributed by atoms with Crippen molar-refractivity contribution in [2.75, 3.05) is 13.1 Å². The molecule has 0 spiro atoms. The summed E-state index contributed by atoms with van der Waals surface area (Å²) in [7, 11) is 0. The fourth-order valence-electron chi connectivity index (χ4n) is 3.40. The van der Waals surface area contributed by atoms with Crippen LogP contribution in [0.5, 0.6) is 0 Å². The van der Waals surface area contributed by atoms with E-state index in [0.29, 0.717) is 6.61 Å². The van der Waals surface area contributed by atoms with Gasteiger partial charge >= 0.3 is 0 Å². The van der Waals surface area contributed by atoms with Crippen LogP contribution in [-0.2, 0) is 11.3 Å². The predicted octanol–water partition coefficient (Wildman–Crippen LogP) is 4.10. The highest BCUT2D eigenvalue weighted by Gasteiger charge is 2.28. The topological polar surface area (TPSA) is 21.3 Å². The Morgan fingerprint density at radius 1 is 1.17 bits per heavy atom. The second kappa shape index (κ2) is 7.24. The molecule has 2 aromatic rings. The summed E-state index contributed by atoms with van der Waals surface area (Å²) in [6.07, 6.45) is 1.15. The van der Waals surface area contributed by atoms with Crippen LogP contribution in [0, 0.1) is 19.7 Å². The van der Waals surface area contributed by atoms with Gasteiger partial charge in [-0.1, -0.05) is 35.9 Å². The maximum absolute atomic E-state index is 13.4. The van der Waals surface area contributed by atoms with E-state index in [-0.39, 0.29) is 17.8 Å². The molecule has 3 heteroatoms. The SMILES string of the molecule is Cc1cccc(COC2CCNCC2c2ccc(F)cc2C)c1. The van der Waals surface area contributed by atoms with E-state index >= 15 is 0 Å². The Kier molecular flexibility index (Phi) is 5.09. The van der Waals surface area contributed by atoms with Gasteiger partial charge in [0.1, 0.15) is 5.82 Å². The van der Waals surface area contributed by atoms with Crippen molar-refractivity contribution in [2.45, 2.75) is 38.9 Å². The Hall–Kier alpha value is -1.71. The molecule has 0 amide bonds. The largest absolute Gasteiger partial charge is 0.373 e. The third-order valence-corrected chi connectivity index (χ3v) is 4.60. The van der Waals surface area contributed by atoms with Crippen molar-refractivity contribution in [2.24, 2.45) is 0 Å². The fourth-order valence-corrected chi connectivity index (χ4v) is 3.40. The number of piperidine rings is 1. The van der Waals surface area contributed by atoms with Gasteiger partial charge in [-0.05, 0) is 55.6 Å². The van der Waals surface area contributed by atoms with E-state index in [1.165, 1.54) is 16.7 Å². The first-order chi connectivity index (χ1) is 11.1. The van der Waals surface area contributed by atoms with Crippen LogP contribution in [0.15, 0.2) is 42.5 Å². The predicted molar refractivity (Wildman–Crippen MR) is 91.1 cm³/mol. The van der Waals surface area contributed by atoms with Crippen LogP contribution in [0.1, 0.15) is 34.6 Å². The summed E-state index contributed by atoms with van der Waals surface area (Å²) in [6, 6.07) is 13.5. The summed E-state index contributed by atoms with van der Waals surface area (Å²) in [4.78, 5) is 0. The molecule has 1 saturated heterocycles. The van der Waals surface area contributed by atoms with Crippen LogP contribution < -0.4 is 5.32 Å². The number of ether oxygens (including phenoxy) is 1. The van der Waals surface area contributed by atoms with Gasteiger partial charge in [0.2, 0.25) is 0 Å². The van der Waals surface area contributed by atoms with Crippen molar-refractivity contribution in [3.8, 4) is 0 Å². The lowest BCUT2D eigenvalue weighted by atomic mass is 9.86. The van der Waals surface area contributed by atoms with Gasteiger partial charge < -0.3 is 10.1 Å². The maximum atomic E-state index is 13.4. The van der Waals surface area contributed by atoms with Crippen LogP contribution in [0.3, 0.4) is 0 Å². The first kappa shape index (κ1) is 16.2. The molecule has 23 heavy (non-hydrogen) atoms. The molecule has 2 atom stereocenters. The lowest BCUT2D eigenvalue weighted by Crippen LogP contribution is -2.40. The average Bonchev–Trinajstić information content (AvgIpc) is 2.54. The number of hydrogen-bond acceptors (Lipinski definition) is 2. The second-order valence-electron chi connectivity index (χ2n) is 6.44. The first-order valence-electron chi connectivity index (χ1n) is 8.27. The molecular formula is C20H24FNO. The molecule has 0 saturated carbocycles. The molecule has 1 aliphatic rings. The highest BCUT2D eigenvalue weighted by Crippen LogP contribution is 2.29. The molecular weight excluding hydrogens is 289 g/mol. The molecule has 1 heterocycles. The van der Waals surface area contributed by atoms with Crippen molar-refractivity contribution in [1.82, 2.24) is 5.32 Å². The van der Waals surface area contributed by atoms with Crippen molar-refractivity contribution >= 4 is 0 Å². The molecule has 3 rings (SSSR count). The molecule has 2 unspecified atom stereocenters. The molecule has 2 nitrogen and oxygen atoms in total. The fraction of sp³-hybridized carbons (Fsp3) is 0.400. The molecule has 2 aromatic carbocycles. The van der Waals surface area contributed by atoms with Crippen LogP contribution in [0.4, 0.5) is 4.39 Å². The molecule has 1 aliphatic heterocycles. The second-order valence-corrected chi connectivity index (χ2v) is 6.44. The Labute approximate surface area is 137 Å². The highest BCUT2D eigenvalue weighted by atomic mass is 19.1. The molecule has 0 radical (unpaired) electrons. The zero-order valence-corrected chi connectivity index (χ0v) is 13.8. The average molecular weight is 313 g/mol. The Balaban J connectivity index is 1.73. The molecule has 0 aliphatic carbocycles. The Morgan fingerprint density at radius 2 is 2.04 bits per heavy atom. The van der Waals surface area contributed by atoms with E-state index in [2.05, 4.69) is 36.5 Å². The van der Waals surface area contributed by atoms with E-state index in [0.717, 1.165) is 25.1 Å². The summed E-state index contributed by atoms with van der Waals surface area (Å²) in [6.45, 7) is 6.55. The normalized spacial score (nSPS) is 21.3. The summed E-state index contributed by atoms with van der Waals surface area (Å²) in [5.74, 6) is 0.0985. The van der Waals surface area contributed by atoms with Gasteiger partial charge in [-0.3, -0.25) is 0 Å². The van der Waals surface area contributed by atoms with Crippen molar-refractivity contribution in [3.05, 3.63) is 70.5 Å². The number of aryl methyl sites for hydroxylation is 2. The number of halogens is 1. The van der Waals surface area contributed by atoms with Gasteiger partial charge in [0, 0.05) is 12.5 Å². The summed E-state index contributed by atoms with van der Waals surface area (Å²) < 4.78 is 19.6. The first-order valence-corrected chi connectivity index (χ1v) is 8.27.